The molecule has 0 spiro atoms. The lowest BCUT2D eigenvalue weighted by Gasteiger charge is -2.07. The highest BCUT2D eigenvalue weighted by Crippen LogP contribution is 2.41. The SMILES string of the molecule is Fc1c(Br)ccc2c1C1=CC=CCC1=N2. The Morgan fingerprint density at radius 3 is 3.07 bits per heavy atom. The van der Waals surface area contributed by atoms with Crippen LogP contribution in [0.5, 0.6) is 0 Å². The van der Waals surface area contributed by atoms with Crippen LogP contribution in [0, 0.1) is 5.82 Å². The zero-order valence-electron chi connectivity index (χ0n) is 7.80. The number of fused-ring (bicyclic) bond motifs is 3. The lowest BCUT2D eigenvalue weighted by molar-refractivity contribution is 0.618. The van der Waals surface area contributed by atoms with E-state index in [9.17, 15) is 4.39 Å². The van der Waals surface area contributed by atoms with Crippen LogP contribution in [-0.2, 0) is 0 Å². The van der Waals surface area contributed by atoms with Gasteiger partial charge in [0.2, 0.25) is 0 Å². The first-order valence-electron chi connectivity index (χ1n) is 4.70. The molecule has 1 heterocycles. The average Bonchev–Trinajstić information content (AvgIpc) is 2.62. The molecule has 0 N–H and O–H groups in total. The molecule has 1 aromatic rings. The Balaban J connectivity index is 2.30. The molecule has 0 bridgehead atoms. The molecule has 0 amide bonds. The number of halogens is 2. The van der Waals surface area contributed by atoms with Crippen molar-refractivity contribution in [2.24, 2.45) is 4.99 Å². The van der Waals surface area contributed by atoms with Gasteiger partial charge in [-0.05, 0) is 28.1 Å². The topological polar surface area (TPSA) is 12.4 Å². The summed E-state index contributed by atoms with van der Waals surface area (Å²) in [5, 5.41) is 0. The smallest absolute Gasteiger partial charge is 0.147 e. The largest absolute Gasteiger partial charge is 0.252 e. The monoisotopic (exact) mass is 263 g/mol. The van der Waals surface area contributed by atoms with E-state index in [4.69, 9.17) is 0 Å². The maximum atomic E-state index is 13.9. The third-order valence-electron chi connectivity index (χ3n) is 2.62. The van der Waals surface area contributed by atoms with Gasteiger partial charge >= 0.3 is 0 Å². The predicted molar refractivity (Wildman–Crippen MR) is 62.9 cm³/mol. The number of benzene rings is 1. The van der Waals surface area contributed by atoms with E-state index in [-0.39, 0.29) is 5.82 Å². The summed E-state index contributed by atoms with van der Waals surface area (Å²) in [6.07, 6.45) is 6.69. The van der Waals surface area contributed by atoms with Crippen LogP contribution in [-0.4, -0.2) is 5.71 Å². The van der Waals surface area contributed by atoms with Crippen LogP contribution < -0.4 is 0 Å². The highest BCUT2D eigenvalue weighted by Gasteiger charge is 2.25. The van der Waals surface area contributed by atoms with Crippen molar-refractivity contribution in [2.45, 2.75) is 6.42 Å². The molecule has 74 valence electrons. The van der Waals surface area contributed by atoms with Crippen molar-refractivity contribution in [3.63, 3.8) is 0 Å². The molecule has 1 aliphatic heterocycles. The second-order valence-electron chi connectivity index (χ2n) is 3.53. The summed E-state index contributed by atoms with van der Waals surface area (Å²) in [7, 11) is 0. The molecule has 0 radical (unpaired) electrons. The summed E-state index contributed by atoms with van der Waals surface area (Å²) in [6, 6.07) is 3.54. The van der Waals surface area contributed by atoms with Gasteiger partial charge in [0.1, 0.15) is 5.82 Å². The van der Waals surface area contributed by atoms with Gasteiger partial charge in [0, 0.05) is 17.6 Å². The zero-order chi connectivity index (χ0) is 10.4. The maximum Gasteiger partial charge on any atom is 0.147 e. The molecular formula is C12H7BrFN. The van der Waals surface area contributed by atoms with E-state index in [1.54, 1.807) is 6.07 Å². The van der Waals surface area contributed by atoms with Crippen molar-refractivity contribution < 1.29 is 4.39 Å². The van der Waals surface area contributed by atoms with Gasteiger partial charge < -0.3 is 0 Å². The molecule has 1 aromatic carbocycles. The Hall–Kier alpha value is -1.22. The van der Waals surface area contributed by atoms with Crippen molar-refractivity contribution in [3.8, 4) is 0 Å². The van der Waals surface area contributed by atoms with Gasteiger partial charge in [-0.3, -0.25) is 4.99 Å². The van der Waals surface area contributed by atoms with Crippen LogP contribution in [0.25, 0.3) is 5.57 Å². The maximum absolute atomic E-state index is 13.9. The van der Waals surface area contributed by atoms with Crippen molar-refractivity contribution in [1.82, 2.24) is 0 Å². The van der Waals surface area contributed by atoms with E-state index in [2.05, 4.69) is 20.9 Å². The Morgan fingerprint density at radius 2 is 2.20 bits per heavy atom. The minimum absolute atomic E-state index is 0.215. The molecule has 1 aliphatic carbocycles. The van der Waals surface area contributed by atoms with E-state index >= 15 is 0 Å². The minimum Gasteiger partial charge on any atom is -0.252 e. The normalized spacial score (nSPS) is 16.9. The van der Waals surface area contributed by atoms with Crippen molar-refractivity contribution in [1.29, 1.82) is 0 Å². The van der Waals surface area contributed by atoms with E-state index in [0.29, 0.717) is 10.0 Å². The second kappa shape index (κ2) is 3.14. The number of allylic oxidation sites excluding steroid dienone is 4. The summed E-state index contributed by atoms with van der Waals surface area (Å²) < 4.78 is 14.4. The number of hydrogen-bond donors (Lipinski definition) is 0. The fourth-order valence-electron chi connectivity index (χ4n) is 1.92. The van der Waals surface area contributed by atoms with Gasteiger partial charge in [-0.15, -0.1) is 0 Å². The Bertz CT molecular complexity index is 541. The van der Waals surface area contributed by atoms with Crippen molar-refractivity contribution >= 4 is 32.9 Å². The fourth-order valence-corrected chi connectivity index (χ4v) is 2.25. The standard InChI is InChI=1S/C12H7BrFN/c13-8-5-6-10-11(12(8)14)7-3-1-2-4-9(7)15-10/h1-3,5-6H,4H2. The molecule has 1 nitrogen and oxygen atoms in total. The summed E-state index contributed by atoms with van der Waals surface area (Å²) >= 11 is 3.19. The predicted octanol–water partition coefficient (Wildman–Crippen LogP) is 4.02. The van der Waals surface area contributed by atoms with E-state index in [0.717, 1.165) is 23.4 Å². The number of hydrogen-bond acceptors (Lipinski definition) is 1. The summed E-state index contributed by atoms with van der Waals surface area (Å²) in [6.45, 7) is 0. The Kier molecular flexibility index (Phi) is 1.89. The molecule has 0 saturated heterocycles. The molecule has 0 saturated carbocycles. The van der Waals surface area contributed by atoms with Crippen LogP contribution in [0.1, 0.15) is 12.0 Å². The first kappa shape index (κ1) is 9.04. The fraction of sp³-hybridized carbons (Fsp3) is 0.0833. The molecule has 0 unspecified atom stereocenters. The first-order valence-corrected chi connectivity index (χ1v) is 5.50. The first-order chi connectivity index (χ1) is 7.27. The van der Waals surface area contributed by atoms with Crippen LogP contribution in [0.15, 0.2) is 39.8 Å². The second-order valence-corrected chi connectivity index (χ2v) is 4.38. The van der Waals surface area contributed by atoms with Gasteiger partial charge in [0.15, 0.2) is 0 Å². The molecule has 2 aliphatic rings. The molecule has 0 aromatic heterocycles. The van der Waals surface area contributed by atoms with Gasteiger partial charge in [-0.25, -0.2) is 4.39 Å². The van der Waals surface area contributed by atoms with E-state index in [1.165, 1.54) is 0 Å². The van der Waals surface area contributed by atoms with Gasteiger partial charge in [0.05, 0.1) is 15.9 Å². The van der Waals surface area contributed by atoms with Crippen LogP contribution >= 0.6 is 15.9 Å². The minimum atomic E-state index is -0.215. The molecule has 0 atom stereocenters. The Morgan fingerprint density at radius 1 is 1.33 bits per heavy atom. The van der Waals surface area contributed by atoms with E-state index in [1.807, 2.05) is 24.3 Å². The lowest BCUT2D eigenvalue weighted by Crippen LogP contribution is -1.99. The quantitative estimate of drug-likeness (QED) is 0.671. The third-order valence-corrected chi connectivity index (χ3v) is 3.23. The number of aliphatic imine (C=N–C) groups is 1. The highest BCUT2D eigenvalue weighted by atomic mass is 79.9. The number of nitrogens with zero attached hydrogens (tertiary/aromatic N) is 1. The van der Waals surface area contributed by atoms with Crippen molar-refractivity contribution in [2.75, 3.05) is 0 Å². The Labute approximate surface area is 95.2 Å². The third kappa shape index (κ3) is 1.23. The highest BCUT2D eigenvalue weighted by molar-refractivity contribution is 9.10. The average molecular weight is 264 g/mol. The van der Waals surface area contributed by atoms with Gasteiger partial charge in [0.25, 0.3) is 0 Å². The molecule has 3 heteroatoms. The molecule has 0 fully saturated rings. The summed E-state index contributed by atoms with van der Waals surface area (Å²) in [5.74, 6) is -0.215. The van der Waals surface area contributed by atoms with Gasteiger partial charge in [-0.1, -0.05) is 18.2 Å². The van der Waals surface area contributed by atoms with Crippen LogP contribution in [0.4, 0.5) is 10.1 Å². The van der Waals surface area contributed by atoms with Crippen LogP contribution in [0.2, 0.25) is 0 Å². The molecule has 15 heavy (non-hydrogen) atoms. The lowest BCUT2D eigenvalue weighted by atomic mass is 9.97. The summed E-state index contributed by atoms with van der Waals surface area (Å²) in [5.41, 5.74) is 3.25. The molecular weight excluding hydrogens is 257 g/mol. The number of rotatable bonds is 0. The van der Waals surface area contributed by atoms with Crippen LogP contribution in [0.3, 0.4) is 0 Å². The zero-order valence-corrected chi connectivity index (χ0v) is 9.38. The molecule has 3 rings (SSSR count). The van der Waals surface area contributed by atoms with Gasteiger partial charge in [-0.2, -0.15) is 0 Å². The van der Waals surface area contributed by atoms with E-state index < -0.39 is 0 Å². The van der Waals surface area contributed by atoms with Crippen molar-refractivity contribution in [3.05, 3.63) is 46.2 Å². The summed E-state index contributed by atoms with van der Waals surface area (Å²) in [4.78, 5) is 4.41.